The van der Waals surface area contributed by atoms with E-state index < -0.39 is 0 Å². The molecule has 2 saturated heterocycles. The van der Waals surface area contributed by atoms with E-state index in [1.165, 1.54) is 32.5 Å². The highest BCUT2D eigenvalue weighted by atomic mass is 15.3. The van der Waals surface area contributed by atoms with Gasteiger partial charge in [0.15, 0.2) is 0 Å². The number of rotatable bonds is 1. The molecule has 2 aliphatic rings. The van der Waals surface area contributed by atoms with Crippen LogP contribution in [0.1, 0.15) is 26.7 Å². The fourth-order valence-electron chi connectivity index (χ4n) is 3.07. The molecule has 2 aliphatic heterocycles. The van der Waals surface area contributed by atoms with Crippen LogP contribution in [0.2, 0.25) is 0 Å². The number of hydrogen-bond acceptors (Lipinski definition) is 2. The molecule has 13 heavy (non-hydrogen) atoms. The van der Waals surface area contributed by atoms with E-state index in [1.807, 2.05) is 0 Å². The molecule has 2 heteroatoms. The lowest BCUT2D eigenvalue weighted by molar-refractivity contribution is 0.0916. The van der Waals surface area contributed by atoms with Crippen molar-refractivity contribution >= 4 is 0 Å². The van der Waals surface area contributed by atoms with E-state index in [2.05, 4.69) is 30.7 Å². The third kappa shape index (κ3) is 1.75. The summed E-state index contributed by atoms with van der Waals surface area (Å²) in [5.74, 6) is 0.959. The van der Waals surface area contributed by atoms with Crippen molar-refractivity contribution in [3.05, 3.63) is 0 Å². The van der Waals surface area contributed by atoms with E-state index in [4.69, 9.17) is 0 Å². The predicted molar refractivity (Wildman–Crippen MR) is 55.9 cm³/mol. The molecular formula is C11H22N2. The van der Waals surface area contributed by atoms with Gasteiger partial charge in [-0.15, -0.1) is 0 Å². The standard InChI is InChI=1S/C11H22N2/c1-9(2)13-6-4-5-10-7-12(3)8-11(10)13/h9-11H,4-8H2,1-3H3. The van der Waals surface area contributed by atoms with E-state index in [9.17, 15) is 0 Å². The van der Waals surface area contributed by atoms with Crippen LogP contribution in [0.3, 0.4) is 0 Å². The molecular weight excluding hydrogens is 160 g/mol. The predicted octanol–water partition coefficient (Wildman–Crippen LogP) is 1.42. The number of hydrogen-bond donors (Lipinski definition) is 0. The molecule has 0 aromatic rings. The second-order valence-corrected chi connectivity index (χ2v) is 5.02. The Kier molecular flexibility index (Phi) is 2.61. The fraction of sp³-hybridized carbons (Fsp3) is 1.00. The Bertz CT molecular complexity index is 179. The first-order valence-electron chi connectivity index (χ1n) is 5.63. The Morgan fingerprint density at radius 1 is 1.23 bits per heavy atom. The molecule has 2 nitrogen and oxygen atoms in total. The van der Waals surface area contributed by atoms with Gasteiger partial charge in [-0.25, -0.2) is 0 Å². The van der Waals surface area contributed by atoms with Crippen LogP contribution in [0.15, 0.2) is 0 Å². The highest BCUT2D eigenvalue weighted by Gasteiger charge is 2.38. The zero-order valence-electron chi connectivity index (χ0n) is 9.16. The van der Waals surface area contributed by atoms with E-state index in [0.29, 0.717) is 0 Å². The highest BCUT2D eigenvalue weighted by molar-refractivity contribution is 4.93. The van der Waals surface area contributed by atoms with Crippen LogP contribution in [-0.2, 0) is 0 Å². The minimum Gasteiger partial charge on any atom is -0.304 e. The summed E-state index contributed by atoms with van der Waals surface area (Å²) in [5.41, 5.74) is 0. The minimum atomic E-state index is 0.735. The van der Waals surface area contributed by atoms with Gasteiger partial charge in [-0.1, -0.05) is 0 Å². The molecule has 76 valence electrons. The van der Waals surface area contributed by atoms with Crippen molar-refractivity contribution in [3.63, 3.8) is 0 Å². The average Bonchev–Trinajstić information content (AvgIpc) is 2.43. The Balaban J connectivity index is 2.05. The van der Waals surface area contributed by atoms with Crippen molar-refractivity contribution < 1.29 is 0 Å². The molecule has 0 aliphatic carbocycles. The molecule has 2 fully saturated rings. The summed E-state index contributed by atoms with van der Waals surface area (Å²) in [6, 6.07) is 1.60. The van der Waals surface area contributed by atoms with E-state index in [-0.39, 0.29) is 0 Å². The molecule has 0 spiro atoms. The average molecular weight is 182 g/mol. The van der Waals surface area contributed by atoms with Gasteiger partial charge in [0.1, 0.15) is 0 Å². The van der Waals surface area contributed by atoms with Crippen molar-refractivity contribution in [3.8, 4) is 0 Å². The molecule has 0 bridgehead atoms. The van der Waals surface area contributed by atoms with Crippen LogP contribution in [0.25, 0.3) is 0 Å². The smallest absolute Gasteiger partial charge is 0.0266 e. The maximum absolute atomic E-state index is 2.71. The van der Waals surface area contributed by atoms with Gasteiger partial charge in [0, 0.05) is 25.2 Å². The first kappa shape index (κ1) is 9.47. The van der Waals surface area contributed by atoms with Gasteiger partial charge in [-0.05, 0) is 46.2 Å². The molecule has 0 saturated carbocycles. The molecule has 0 aromatic carbocycles. The number of likely N-dealkylation sites (N-methyl/N-ethyl adjacent to an activating group) is 1. The Hall–Kier alpha value is -0.0800. The molecule has 0 aromatic heterocycles. The van der Waals surface area contributed by atoms with Crippen molar-refractivity contribution in [2.24, 2.45) is 5.92 Å². The first-order chi connectivity index (χ1) is 6.18. The third-order valence-electron chi connectivity index (χ3n) is 3.67. The SMILES string of the molecule is CC(C)N1CCCC2CN(C)CC21. The van der Waals surface area contributed by atoms with Crippen molar-refractivity contribution in [1.82, 2.24) is 9.80 Å². The number of piperidine rings is 1. The van der Waals surface area contributed by atoms with Gasteiger partial charge in [0.2, 0.25) is 0 Å². The summed E-state index contributed by atoms with van der Waals surface area (Å²) in [4.78, 5) is 5.20. The third-order valence-corrected chi connectivity index (χ3v) is 3.67. The van der Waals surface area contributed by atoms with E-state index >= 15 is 0 Å². The summed E-state index contributed by atoms with van der Waals surface area (Å²) in [5, 5.41) is 0. The topological polar surface area (TPSA) is 6.48 Å². The summed E-state index contributed by atoms with van der Waals surface area (Å²) in [7, 11) is 2.26. The Morgan fingerprint density at radius 3 is 2.69 bits per heavy atom. The zero-order valence-corrected chi connectivity index (χ0v) is 9.16. The van der Waals surface area contributed by atoms with Gasteiger partial charge >= 0.3 is 0 Å². The van der Waals surface area contributed by atoms with Crippen LogP contribution in [0, 0.1) is 5.92 Å². The lowest BCUT2D eigenvalue weighted by atomic mass is 9.91. The number of nitrogens with zero attached hydrogens (tertiary/aromatic N) is 2. The molecule has 2 rings (SSSR count). The van der Waals surface area contributed by atoms with Gasteiger partial charge in [-0.3, -0.25) is 4.90 Å². The van der Waals surface area contributed by atoms with Crippen molar-refractivity contribution in [2.45, 2.75) is 38.8 Å². The van der Waals surface area contributed by atoms with Crippen LogP contribution in [0.5, 0.6) is 0 Å². The minimum absolute atomic E-state index is 0.735. The van der Waals surface area contributed by atoms with Crippen LogP contribution in [-0.4, -0.2) is 48.6 Å². The normalized spacial score (nSPS) is 36.9. The largest absolute Gasteiger partial charge is 0.304 e. The number of fused-ring (bicyclic) bond motifs is 1. The Labute approximate surface area is 81.9 Å². The summed E-state index contributed by atoms with van der Waals surface area (Å²) >= 11 is 0. The van der Waals surface area contributed by atoms with Crippen molar-refractivity contribution in [1.29, 1.82) is 0 Å². The quantitative estimate of drug-likeness (QED) is 0.605. The van der Waals surface area contributed by atoms with E-state index in [1.54, 1.807) is 0 Å². The second kappa shape index (κ2) is 3.58. The maximum Gasteiger partial charge on any atom is 0.0266 e. The van der Waals surface area contributed by atoms with E-state index in [0.717, 1.165) is 18.0 Å². The first-order valence-corrected chi connectivity index (χ1v) is 5.63. The van der Waals surface area contributed by atoms with Crippen LogP contribution < -0.4 is 0 Å². The fourth-order valence-corrected chi connectivity index (χ4v) is 3.07. The number of likely N-dealkylation sites (tertiary alicyclic amines) is 2. The zero-order chi connectivity index (χ0) is 9.42. The Morgan fingerprint density at radius 2 is 2.00 bits per heavy atom. The van der Waals surface area contributed by atoms with Gasteiger partial charge in [0.25, 0.3) is 0 Å². The second-order valence-electron chi connectivity index (χ2n) is 5.02. The molecule has 2 heterocycles. The van der Waals surface area contributed by atoms with Gasteiger partial charge in [0.05, 0.1) is 0 Å². The highest BCUT2D eigenvalue weighted by Crippen LogP contribution is 2.30. The van der Waals surface area contributed by atoms with Gasteiger partial charge in [-0.2, -0.15) is 0 Å². The molecule has 0 amide bonds. The molecule has 2 unspecified atom stereocenters. The summed E-state index contributed by atoms with van der Waals surface area (Å²) in [6.45, 7) is 8.62. The van der Waals surface area contributed by atoms with Gasteiger partial charge < -0.3 is 4.90 Å². The summed E-state index contributed by atoms with van der Waals surface area (Å²) < 4.78 is 0. The molecule has 2 atom stereocenters. The van der Waals surface area contributed by atoms with Crippen molar-refractivity contribution in [2.75, 3.05) is 26.7 Å². The van der Waals surface area contributed by atoms with Crippen LogP contribution >= 0.6 is 0 Å². The molecule has 0 N–H and O–H groups in total. The summed E-state index contributed by atoms with van der Waals surface area (Å²) in [6.07, 6.45) is 2.87. The maximum atomic E-state index is 2.71. The molecule has 0 radical (unpaired) electrons. The van der Waals surface area contributed by atoms with Crippen LogP contribution in [0.4, 0.5) is 0 Å². The lowest BCUT2D eigenvalue weighted by Crippen LogP contribution is -2.48. The monoisotopic (exact) mass is 182 g/mol. The lowest BCUT2D eigenvalue weighted by Gasteiger charge is -2.39.